The number of carbonyl (C=O) groups excluding carboxylic acids is 1. The third kappa shape index (κ3) is 3.96. The van der Waals surface area contributed by atoms with Gasteiger partial charge in [-0.3, -0.25) is 4.79 Å². The highest BCUT2D eigenvalue weighted by atomic mass is 32.2. The summed E-state index contributed by atoms with van der Waals surface area (Å²) in [6.07, 6.45) is 6.90. The van der Waals surface area contributed by atoms with E-state index in [0.29, 0.717) is 43.4 Å². The Labute approximate surface area is 150 Å². The van der Waals surface area contributed by atoms with Gasteiger partial charge in [-0.25, -0.2) is 8.42 Å². The van der Waals surface area contributed by atoms with Crippen molar-refractivity contribution in [1.82, 2.24) is 9.21 Å². The van der Waals surface area contributed by atoms with Crippen LogP contribution in [0.15, 0.2) is 35.2 Å². The molecule has 3 rings (SSSR count). The topological polar surface area (TPSA) is 57.7 Å². The third-order valence-corrected chi connectivity index (χ3v) is 7.15. The van der Waals surface area contributed by atoms with Gasteiger partial charge in [-0.15, -0.1) is 0 Å². The molecule has 2 aliphatic rings. The van der Waals surface area contributed by atoms with E-state index in [0.717, 1.165) is 24.0 Å². The van der Waals surface area contributed by atoms with Crippen LogP contribution in [-0.2, 0) is 14.8 Å². The summed E-state index contributed by atoms with van der Waals surface area (Å²) in [5.41, 5.74) is 2.05. The fourth-order valence-electron chi connectivity index (χ4n) is 3.42. The van der Waals surface area contributed by atoms with E-state index in [9.17, 15) is 13.2 Å². The second-order valence-electron chi connectivity index (χ2n) is 7.00. The number of sulfonamides is 1. The number of carbonyl (C=O) groups is 1. The van der Waals surface area contributed by atoms with Crippen molar-refractivity contribution in [2.24, 2.45) is 5.92 Å². The van der Waals surface area contributed by atoms with E-state index in [2.05, 4.69) is 12.2 Å². The number of rotatable bonds is 4. The molecular formula is C19H26N2O3S. The highest BCUT2D eigenvalue weighted by Gasteiger charge is 2.30. The van der Waals surface area contributed by atoms with E-state index in [-0.39, 0.29) is 5.91 Å². The minimum atomic E-state index is -3.49. The lowest BCUT2D eigenvalue weighted by Crippen LogP contribution is -2.50. The molecule has 1 unspecified atom stereocenters. The zero-order valence-electron chi connectivity index (χ0n) is 14.9. The molecule has 1 atom stereocenters. The van der Waals surface area contributed by atoms with E-state index in [1.54, 1.807) is 17.0 Å². The maximum absolute atomic E-state index is 12.8. The summed E-state index contributed by atoms with van der Waals surface area (Å²) >= 11 is 0. The summed E-state index contributed by atoms with van der Waals surface area (Å²) in [7, 11) is -3.49. The van der Waals surface area contributed by atoms with Gasteiger partial charge in [0, 0.05) is 32.6 Å². The van der Waals surface area contributed by atoms with Gasteiger partial charge in [-0.05, 0) is 55.9 Å². The summed E-state index contributed by atoms with van der Waals surface area (Å²) in [6, 6.07) is 5.24. The van der Waals surface area contributed by atoms with Crippen LogP contribution in [0.25, 0.3) is 0 Å². The molecule has 1 aromatic rings. The number of amides is 1. The van der Waals surface area contributed by atoms with E-state index >= 15 is 0 Å². The third-order valence-electron chi connectivity index (χ3n) is 5.26. The monoisotopic (exact) mass is 362 g/mol. The standard InChI is InChI=1S/C19H26N2O3S/c1-15-7-8-18(13-16(15)2)25(23,24)21-11-9-20(10-12-21)19(22)14-17-5-3-4-6-17/h3,5,7-8,13,17H,4,6,9-12,14H2,1-2H3. The molecule has 1 saturated heterocycles. The molecule has 0 spiro atoms. The van der Waals surface area contributed by atoms with E-state index in [4.69, 9.17) is 0 Å². The van der Waals surface area contributed by atoms with Gasteiger partial charge in [0.25, 0.3) is 0 Å². The fraction of sp³-hybridized carbons (Fsp3) is 0.526. The Kier molecular flexibility index (Phi) is 5.29. The van der Waals surface area contributed by atoms with Gasteiger partial charge in [0.2, 0.25) is 15.9 Å². The zero-order valence-corrected chi connectivity index (χ0v) is 15.8. The molecule has 1 aromatic carbocycles. The lowest BCUT2D eigenvalue weighted by molar-refractivity contribution is -0.133. The van der Waals surface area contributed by atoms with E-state index in [1.807, 2.05) is 19.9 Å². The maximum Gasteiger partial charge on any atom is 0.243 e. The number of piperazine rings is 1. The van der Waals surface area contributed by atoms with Crippen LogP contribution in [0.5, 0.6) is 0 Å². The average Bonchev–Trinajstić information content (AvgIpc) is 3.10. The molecule has 1 aliphatic carbocycles. The molecule has 1 fully saturated rings. The number of allylic oxidation sites excluding steroid dienone is 2. The molecule has 1 aliphatic heterocycles. The van der Waals surface area contributed by atoms with Crippen LogP contribution in [0.3, 0.4) is 0 Å². The van der Waals surface area contributed by atoms with Gasteiger partial charge in [-0.1, -0.05) is 18.2 Å². The molecule has 25 heavy (non-hydrogen) atoms. The van der Waals surface area contributed by atoms with Crippen molar-refractivity contribution in [1.29, 1.82) is 0 Å². The smallest absolute Gasteiger partial charge is 0.243 e. The van der Waals surface area contributed by atoms with Gasteiger partial charge in [0.05, 0.1) is 4.90 Å². The van der Waals surface area contributed by atoms with Crippen LogP contribution in [-0.4, -0.2) is 49.7 Å². The molecule has 6 heteroatoms. The Morgan fingerprint density at radius 2 is 1.84 bits per heavy atom. The molecule has 0 bridgehead atoms. The average molecular weight is 362 g/mol. The second-order valence-corrected chi connectivity index (χ2v) is 8.94. The van der Waals surface area contributed by atoms with Crippen LogP contribution in [0.1, 0.15) is 30.4 Å². The Balaban J connectivity index is 1.61. The normalized spacial score (nSPS) is 21.7. The zero-order chi connectivity index (χ0) is 18.0. The van der Waals surface area contributed by atoms with Gasteiger partial charge in [0.15, 0.2) is 0 Å². The summed E-state index contributed by atoms with van der Waals surface area (Å²) < 4.78 is 27.1. The van der Waals surface area contributed by atoms with Crippen molar-refractivity contribution in [3.63, 3.8) is 0 Å². The van der Waals surface area contributed by atoms with Gasteiger partial charge >= 0.3 is 0 Å². The molecule has 1 amide bonds. The summed E-state index contributed by atoms with van der Waals surface area (Å²) in [6.45, 7) is 5.56. The molecule has 136 valence electrons. The Morgan fingerprint density at radius 3 is 2.44 bits per heavy atom. The predicted molar refractivity (Wildman–Crippen MR) is 97.7 cm³/mol. The minimum absolute atomic E-state index is 0.139. The molecule has 5 nitrogen and oxygen atoms in total. The second kappa shape index (κ2) is 7.30. The van der Waals surface area contributed by atoms with Gasteiger partial charge in [0.1, 0.15) is 0 Å². The Hall–Kier alpha value is -1.66. The van der Waals surface area contributed by atoms with Crippen LogP contribution in [0, 0.1) is 19.8 Å². The number of hydrogen-bond donors (Lipinski definition) is 0. The SMILES string of the molecule is Cc1ccc(S(=O)(=O)N2CCN(C(=O)CC3C=CCC3)CC2)cc1C. The highest BCUT2D eigenvalue weighted by molar-refractivity contribution is 7.89. The van der Waals surface area contributed by atoms with Crippen molar-refractivity contribution in [2.45, 2.75) is 38.0 Å². The van der Waals surface area contributed by atoms with Crippen LogP contribution in [0.2, 0.25) is 0 Å². The number of benzene rings is 1. The Bertz CT molecular complexity index is 778. The van der Waals surface area contributed by atoms with Gasteiger partial charge < -0.3 is 4.90 Å². The summed E-state index contributed by atoms with van der Waals surface area (Å²) in [4.78, 5) is 14.5. The van der Waals surface area contributed by atoms with Crippen molar-refractivity contribution >= 4 is 15.9 Å². The van der Waals surface area contributed by atoms with E-state index in [1.165, 1.54) is 4.31 Å². The largest absolute Gasteiger partial charge is 0.340 e. The van der Waals surface area contributed by atoms with Crippen LogP contribution < -0.4 is 0 Å². The predicted octanol–water partition coefficient (Wildman–Crippen LogP) is 2.49. The maximum atomic E-state index is 12.8. The van der Waals surface area contributed by atoms with Crippen molar-refractivity contribution in [3.05, 3.63) is 41.5 Å². The first-order chi connectivity index (χ1) is 11.9. The fourth-order valence-corrected chi connectivity index (χ4v) is 4.93. The van der Waals surface area contributed by atoms with E-state index < -0.39 is 10.0 Å². The number of nitrogens with zero attached hydrogens (tertiary/aromatic N) is 2. The lowest BCUT2D eigenvalue weighted by atomic mass is 10.0. The summed E-state index contributed by atoms with van der Waals surface area (Å²) in [5.74, 6) is 0.490. The molecule has 0 saturated carbocycles. The number of aryl methyl sites for hydroxylation is 2. The van der Waals surface area contributed by atoms with Crippen LogP contribution >= 0.6 is 0 Å². The Morgan fingerprint density at radius 1 is 1.12 bits per heavy atom. The molecule has 1 heterocycles. The molecule has 0 radical (unpaired) electrons. The van der Waals surface area contributed by atoms with Crippen molar-refractivity contribution in [2.75, 3.05) is 26.2 Å². The molecule has 0 N–H and O–H groups in total. The number of hydrogen-bond acceptors (Lipinski definition) is 3. The van der Waals surface area contributed by atoms with Crippen LogP contribution in [0.4, 0.5) is 0 Å². The minimum Gasteiger partial charge on any atom is -0.340 e. The summed E-state index contributed by atoms with van der Waals surface area (Å²) in [5, 5.41) is 0. The van der Waals surface area contributed by atoms with Gasteiger partial charge in [-0.2, -0.15) is 4.31 Å². The molecule has 0 aromatic heterocycles. The quantitative estimate of drug-likeness (QED) is 0.773. The highest BCUT2D eigenvalue weighted by Crippen LogP contribution is 2.23. The van der Waals surface area contributed by atoms with Crippen molar-refractivity contribution < 1.29 is 13.2 Å². The first-order valence-electron chi connectivity index (χ1n) is 8.90. The first kappa shape index (κ1) is 18.1. The lowest BCUT2D eigenvalue weighted by Gasteiger charge is -2.34. The first-order valence-corrected chi connectivity index (χ1v) is 10.3. The molecular weight excluding hydrogens is 336 g/mol. The van der Waals surface area contributed by atoms with Crippen molar-refractivity contribution in [3.8, 4) is 0 Å².